The average Bonchev–Trinajstić information content (AvgIpc) is 3.04. The number of allylic oxidation sites excluding steroid dienone is 1. The smallest absolute Gasteiger partial charge is 0.228 e. The van der Waals surface area contributed by atoms with E-state index in [0.29, 0.717) is 48.4 Å². The van der Waals surface area contributed by atoms with Gasteiger partial charge >= 0.3 is 0 Å². The number of anilines is 1. The fraction of sp³-hybridized carbons (Fsp3) is 0.474. The highest BCUT2D eigenvalue weighted by Crippen LogP contribution is 2.36. The molecule has 1 amide bonds. The molecular formula is C19H21FN6O. The summed E-state index contributed by atoms with van der Waals surface area (Å²) in [6.07, 6.45) is 7.17. The number of carbonyl (C=O) groups excluding carboxylic acids is 1. The molecule has 5 rings (SSSR count). The lowest BCUT2D eigenvalue weighted by Gasteiger charge is -2.12. The van der Waals surface area contributed by atoms with E-state index in [1.54, 1.807) is 10.7 Å². The number of hydrogen-bond acceptors (Lipinski definition) is 5. The van der Waals surface area contributed by atoms with Gasteiger partial charge in [0.25, 0.3) is 0 Å². The third kappa shape index (κ3) is 3.09. The molecule has 0 aromatic carbocycles. The predicted molar refractivity (Wildman–Crippen MR) is 98.8 cm³/mol. The first-order valence-electron chi connectivity index (χ1n) is 9.43. The number of nitrogens with zero attached hydrogens (tertiary/aromatic N) is 4. The van der Waals surface area contributed by atoms with Crippen molar-refractivity contribution in [1.82, 2.24) is 24.9 Å². The molecule has 2 aliphatic carbocycles. The maximum absolute atomic E-state index is 13.7. The minimum atomic E-state index is -0.778. The minimum Gasteiger partial charge on any atom is -0.351 e. The molecule has 8 heteroatoms. The highest BCUT2D eigenvalue weighted by molar-refractivity contribution is 5.89. The molecule has 1 aliphatic heterocycles. The molecule has 1 unspecified atom stereocenters. The molecule has 2 aromatic heterocycles. The Hall–Kier alpha value is -2.77. The van der Waals surface area contributed by atoms with E-state index in [1.165, 1.54) is 0 Å². The quantitative estimate of drug-likeness (QED) is 0.867. The van der Waals surface area contributed by atoms with Crippen LogP contribution in [0.1, 0.15) is 55.8 Å². The Balaban J connectivity index is 1.59. The number of rotatable bonds is 4. The summed E-state index contributed by atoms with van der Waals surface area (Å²) in [6, 6.07) is 0.413. The molecule has 0 radical (unpaired) electrons. The largest absolute Gasteiger partial charge is 0.351 e. The second kappa shape index (κ2) is 6.14. The number of nitrogens with one attached hydrogen (secondary N) is 2. The van der Waals surface area contributed by atoms with E-state index < -0.39 is 6.17 Å². The fourth-order valence-electron chi connectivity index (χ4n) is 3.76. The first-order valence-corrected chi connectivity index (χ1v) is 9.43. The van der Waals surface area contributed by atoms with Gasteiger partial charge in [-0.2, -0.15) is 14.6 Å². The summed E-state index contributed by atoms with van der Waals surface area (Å²) in [6.45, 7) is 3.89. The van der Waals surface area contributed by atoms with Crippen LogP contribution in [0.4, 0.5) is 10.3 Å². The van der Waals surface area contributed by atoms with Crippen LogP contribution in [0, 0.1) is 0 Å². The Bertz CT molecular complexity index is 976. The van der Waals surface area contributed by atoms with Crippen LogP contribution in [-0.2, 0) is 4.79 Å². The van der Waals surface area contributed by atoms with Crippen molar-refractivity contribution >= 4 is 23.6 Å². The van der Waals surface area contributed by atoms with Crippen molar-refractivity contribution in [3.8, 4) is 0 Å². The summed E-state index contributed by atoms with van der Waals surface area (Å²) in [5, 5.41) is 10.6. The van der Waals surface area contributed by atoms with Crippen LogP contribution in [-0.4, -0.2) is 37.7 Å². The molecule has 1 saturated heterocycles. The van der Waals surface area contributed by atoms with Gasteiger partial charge in [0.2, 0.25) is 11.9 Å². The fourth-order valence-corrected chi connectivity index (χ4v) is 3.76. The molecule has 2 aromatic rings. The summed E-state index contributed by atoms with van der Waals surface area (Å²) in [5.41, 5.74) is 2.92. The monoisotopic (exact) mass is 368 g/mol. The number of carbonyl (C=O) groups is 1. The summed E-state index contributed by atoms with van der Waals surface area (Å²) in [7, 11) is 0. The molecule has 3 aliphatic rings. The number of fused-ring (bicyclic) bond motifs is 1. The van der Waals surface area contributed by atoms with Crippen LogP contribution in [0.25, 0.3) is 11.7 Å². The van der Waals surface area contributed by atoms with E-state index >= 15 is 0 Å². The van der Waals surface area contributed by atoms with Crippen LogP contribution in [0.2, 0.25) is 0 Å². The average molecular weight is 368 g/mol. The molecule has 3 fully saturated rings. The third-order valence-electron chi connectivity index (χ3n) is 5.42. The second-order valence-electron chi connectivity index (χ2n) is 7.64. The topological polar surface area (TPSA) is 84.2 Å². The number of hydrogen-bond donors (Lipinski definition) is 2. The molecule has 27 heavy (non-hydrogen) atoms. The molecule has 3 heterocycles. The predicted octanol–water partition coefficient (Wildman–Crippen LogP) is 2.72. The second-order valence-corrected chi connectivity index (χ2v) is 7.64. The molecular weight excluding hydrogens is 347 g/mol. The van der Waals surface area contributed by atoms with Crippen LogP contribution < -0.4 is 10.6 Å². The zero-order chi connectivity index (χ0) is 18.5. The van der Waals surface area contributed by atoms with Crippen LogP contribution in [0.15, 0.2) is 24.0 Å². The lowest BCUT2D eigenvalue weighted by molar-refractivity contribution is -0.118. The lowest BCUT2D eigenvalue weighted by Crippen LogP contribution is -2.14. The van der Waals surface area contributed by atoms with Crippen molar-refractivity contribution in [2.24, 2.45) is 0 Å². The van der Waals surface area contributed by atoms with Crippen LogP contribution >= 0.6 is 0 Å². The van der Waals surface area contributed by atoms with Gasteiger partial charge < -0.3 is 10.6 Å². The van der Waals surface area contributed by atoms with Gasteiger partial charge in [-0.05, 0) is 43.8 Å². The Morgan fingerprint density at radius 2 is 2.15 bits per heavy atom. The number of aromatic nitrogens is 4. The van der Waals surface area contributed by atoms with E-state index in [9.17, 15) is 9.18 Å². The molecule has 2 N–H and O–H groups in total. The number of alkyl halides is 1. The van der Waals surface area contributed by atoms with Crippen molar-refractivity contribution in [3.05, 3.63) is 35.4 Å². The molecule has 7 nitrogen and oxygen atoms in total. The molecule has 2 saturated carbocycles. The zero-order valence-corrected chi connectivity index (χ0v) is 14.9. The van der Waals surface area contributed by atoms with Crippen molar-refractivity contribution in [2.45, 2.75) is 56.7 Å². The SMILES string of the molecule is C=C1NC(=O)C/C1=C\c1cnn2c(NC3CC3)nc(C3CC[C@H](F)C3)nc12. The van der Waals surface area contributed by atoms with Gasteiger partial charge in [-0.15, -0.1) is 0 Å². The lowest BCUT2D eigenvalue weighted by atomic mass is 10.1. The summed E-state index contributed by atoms with van der Waals surface area (Å²) >= 11 is 0. The van der Waals surface area contributed by atoms with Gasteiger partial charge in [0.05, 0.1) is 12.6 Å². The van der Waals surface area contributed by atoms with Crippen molar-refractivity contribution < 1.29 is 9.18 Å². The van der Waals surface area contributed by atoms with Crippen molar-refractivity contribution in [1.29, 1.82) is 0 Å². The Kier molecular flexibility index (Phi) is 3.73. The van der Waals surface area contributed by atoms with Gasteiger partial charge in [0.15, 0.2) is 5.65 Å². The van der Waals surface area contributed by atoms with Gasteiger partial charge in [-0.25, -0.2) is 9.37 Å². The Labute approximate surface area is 155 Å². The van der Waals surface area contributed by atoms with E-state index in [2.05, 4.69) is 27.3 Å². The van der Waals surface area contributed by atoms with Crippen molar-refractivity contribution in [3.63, 3.8) is 0 Å². The molecule has 2 atom stereocenters. The summed E-state index contributed by atoms with van der Waals surface area (Å²) in [4.78, 5) is 21.0. The summed E-state index contributed by atoms with van der Waals surface area (Å²) in [5.74, 6) is 1.30. The zero-order valence-electron chi connectivity index (χ0n) is 14.9. The van der Waals surface area contributed by atoms with Gasteiger partial charge in [-0.1, -0.05) is 6.58 Å². The van der Waals surface area contributed by atoms with Gasteiger partial charge in [0.1, 0.15) is 12.0 Å². The van der Waals surface area contributed by atoms with E-state index in [4.69, 9.17) is 4.98 Å². The van der Waals surface area contributed by atoms with E-state index in [-0.39, 0.29) is 11.8 Å². The first-order chi connectivity index (χ1) is 13.1. The van der Waals surface area contributed by atoms with E-state index in [1.807, 2.05) is 6.08 Å². The molecule has 0 bridgehead atoms. The van der Waals surface area contributed by atoms with Gasteiger partial charge in [0, 0.05) is 23.2 Å². The summed E-state index contributed by atoms with van der Waals surface area (Å²) < 4.78 is 15.4. The van der Waals surface area contributed by atoms with E-state index in [0.717, 1.165) is 30.4 Å². The molecule has 140 valence electrons. The normalized spacial score (nSPS) is 26.9. The van der Waals surface area contributed by atoms with Crippen molar-refractivity contribution in [2.75, 3.05) is 5.32 Å². The number of amides is 1. The molecule has 0 spiro atoms. The van der Waals surface area contributed by atoms with Crippen LogP contribution in [0.3, 0.4) is 0 Å². The third-order valence-corrected chi connectivity index (χ3v) is 5.42. The maximum Gasteiger partial charge on any atom is 0.228 e. The first kappa shape index (κ1) is 16.4. The highest BCUT2D eigenvalue weighted by Gasteiger charge is 2.30. The standard InChI is InChI=1S/C19H21FN6O/c1-10-12(8-16(27)22-10)6-13-9-21-26-18(13)24-17(11-2-3-14(20)7-11)25-19(26)23-15-4-5-15/h6,9,11,14-15H,1-5,7-8H2,(H,22,27)(H,23,24,25)/b12-6+/t11?,14-/m0/s1. The Morgan fingerprint density at radius 3 is 2.81 bits per heavy atom. The highest BCUT2D eigenvalue weighted by atomic mass is 19.1. The maximum atomic E-state index is 13.7. The Morgan fingerprint density at radius 1 is 1.30 bits per heavy atom. The van der Waals surface area contributed by atoms with Gasteiger partial charge in [-0.3, -0.25) is 4.79 Å². The minimum absolute atomic E-state index is 0.0323. The van der Waals surface area contributed by atoms with Crippen LogP contribution in [0.5, 0.6) is 0 Å². The number of halogens is 1.